The van der Waals surface area contributed by atoms with E-state index in [2.05, 4.69) is 10.6 Å². The molecule has 2 N–H and O–H groups in total. The molecular weight excluding hydrogens is 192 g/mol. The maximum atomic E-state index is 11.7. The number of amides is 1. The molecule has 0 fully saturated rings. The van der Waals surface area contributed by atoms with Gasteiger partial charge in [-0.1, -0.05) is 0 Å². The van der Waals surface area contributed by atoms with Crippen LogP contribution in [0.4, 0.5) is 11.4 Å². The van der Waals surface area contributed by atoms with Crippen molar-refractivity contribution >= 4 is 17.3 Å². The van der Waals surface area contributed by atoms with Gasteiger partial charge in [0.05, 0.1) is 18.5 Å². The molecule has 1 aliphatic heterocycles. The number of carbonyl (C=O) groups excluding carboxylic acids is 1. The molecule has 1 aromatic rings. The summed E-state index contributed by atoms with van der Waals surface area (Å²) < 4.78 is 5.09. The van der Waals surface area contributed by atoms with Gasteiger partial charge in [-0.05, 0) is 26.0 Å². The highest BCUT2D eigenvalue weighted by Crippen LogP contribution is 2.33. The van der Waals surface area contributed by atoms with E-state index in [-0.39, 0.29) is 5.91 Å². The van der Waals surface area contributed by atoms with Gasteiger partial charge in [-0.2, -0.15) is 0 Å². The Kier molecular flexibility index (Phi) is 2.07. The number of hydrogen-bond donors (Lipinski definition) is 2. The standard InChI is InChI=1S/C11H14N2O2/c1-11(2)10(14)12-9-6-7(15-3)4-5-8(9)13-11/h4-6,13H,1-3H3,(H,12,14). The highest BCUT2D eigenvalue weighted by atomic mass is 16.5. The summed E-state index contributed by atoms with van der Waals surface area (Å²) in [5.74, 6) is 0.693. The van der Waals surface area contributed by atoms with Crippen molar-refractivity contribution in [3.05, 3.63) is 18.2 Å². The fraction of sp³-hybridized carbons (Fsp3) is 0.364. The summed E-state index contributed by atoms with van der Waals surface area (Å²) in [6, 6.07) is 5.56. The van der Waals surface area contributed by atoms with Crippen LogP contribution in [0.25, 0.3) is 0 Å². The normalized spacial score (nSPS) is 17.4. The summed E-state index contributed by atoms with van der Waals surface area (Å²) in [4.78, 5) is 11.7. The van der Waals surface area contributed by atoms with Gasteiger partial charge in [0, 0.05) is 6.07 Å². The number of fused-ring (bicyclic) bond motifs is 1. The van der Waals surface area contributed by atoms with Gasteiger partial charge in [0.25, 0.3) is 0 Å². The Balaban J connectivity index is 2.41. The van der Waals surface area contributed by atoms with Crippen LogP contribution in [0.3, 0.4) is 0 Å². The molecule has 1 aliphatic rings. The number of carbonyl (C=O) groups is 1. The third-order valence-corrected chi connectivity index (χ3v) is 2.49. The Morgan fingerprint density at radius 1 is 1.27 bits per heavy atom. The monoisotopic (exact) mass is 206 g/mol. The molecule has 0 aliphatic carbocycles. The van der Waals surface area contributed by atoms with Gasteiger partial charge in [0.15, 0.2) is 0 Å². The lowest BCUT2D eigenvalue weighted by Gasteiger charge is -2.32. The Hall–Kier alpha value is -1.71. The fourth-order valence-electron chi connectivity index (χ4n) is 1.53. The number of benzene rings is 1. The first-order chi connectivity index (χ1) is 7.03. The summed E-state index contributed by atoms with van der Waals surface area (Å²) in [7, 11) is 1.60. The van der Waals surface area contributed by atoms with E-state index in [9.17, 15) is 4.79 Å². The molecule has 2 rings (SSSR count). The van der Waals surface area contributed by atoms with Crippen LogP contribution in [0.15, 0.2) is 18.2 Å². The summed E-state index contributed by atoms with van der Waals surface area (Å²) >= 11 is 0. The first kappa shape index (κ1) is 9.83. The van der Waals surface area contributed by atoms with Crippen molar-refractivity contribution in [3.63, 3.8) is 0 Å². The molecule has 0 unspecified atom stereocenters. The number of hydrogen-bond acceptors (Lipinski definition) is 3. The van der Waals surface area contributed by atoms with Crippen LogP contribution < -0.4 is 15.4 Å². The van der Waals surface area contributed by atoms with Gasteiger partial charge in [-0.25, -0.2) is 0 Å². The van der Waals surface area contributed by atoms with Crippen molar-refractivity contribution in [1.82, 2.24) is 0 Å². The van der Waals surface area contributed by atoms with E-state index in [0.29, 0.717) is 0 Å². The Morgan fingerprint density at radius 2 is 2.00 bits per heavy atom. The zero-order chi connectivity index (χ0) is 11.1. The zero-order valence-corrected chi connectivity index (χ0v) is 9.05. The quantitative estimate of drug-likeness (QED) is 0.737. The fourth-order valence-corrected chi connectivity index (χ4v) is 1.53. The van der Waals surface area contributed by atoms with Gasteiger partial charge >= 0.3 is 0 Å². The molecule has 15 heavy (non-hydrogen) atoms. The SMILES string of the molecule is COc1ccc2c(c1)NC(=O)C(C)(C)N2. The van der Waals surface area contributed by atoms with E-state index in [1.165, 1.54) is 0 Å². The third-order valence-electron chi connectivity index (χ3n) is 2.49. The summed E-state index contributed by atoms with van der Waals surface area (Å²) in [6.45, 7) is 3.69. The second-order valence-corrected chi connectivity index (χ2v) is 4.12. The van der Waals surface area contributed by atoms with Gasteiger partial charge in [0.2, 0.25) is 5.91 Å². The highest BCUT2D eigenvalue weighted by Gasteiger charge is 2.32. The molecule has 0 atom stereocenters. The molecule has 0 spiro atoms. The zero-order valence-electron chi connectivity index (χ0n) is 9.05. The lowest BCUT2D eigenvalue weighted by molar-refractivity contribution is -0.119. The average molecular weight is 206 g/mol. The van der Waals surface area contributed by atoms with E-state index in [1.807, 2.05) is 26.0 Å². The second-order valence-electron chi connectivity index (χ2n) is 4.12. The van der Waals surface area contributed by atoms with Crippen LogP contribution in [0, 0.1) is 0 Å². The first-order valence-electron chi connectivity index (χ1n) is 4.80. The van der Waals surface area contributed by atoms with Crippen molar-refractivity contribution in [2.45, 2.75) is 19.4 Å². The first-order valence-corrected chi connectivity index (χ1v) is 4.80. The molecule has 0 aromatic heterocycles. The average Bonchev–Trinajstić information content (AvgIpc) is 2.19. The maximum Gasteiger partial charge on any atom is 0.249 e. The highest BCUT2D eigenvalue weighted by molar-refractivity contribution is 6.05. The Bertz CT molecular complexity index is 413. The number of rotatable bonds is 1. The van der Waals surface area contributed by atoms with Crippen molar-refractivity contribution in [2.24, 2.45) is 0 Å². The molecule has 0 saturated carbocycles. The van der Waals surface area contributed by atoms with E-state index in [1.54, 1.807) is 13.2 Å². The maximum absolute atomic E-state index is 11.7. The molecule has 0 radical (unpaired) electrons. The Morgan fingerprint density at radius 3 is 2.67 bits per heavy atom. The molecule has 0 bridgehead atoms. The summed E-state index contributed by atoms with van der Waals surface area (Å²) in [5, 5.41) is 6.01. The minimum atomic E-state index is -0.568. The number of anilines is 2. The van der Waals surface area contributed by atoms with Gasteiger partial charge in [-0.3, -0.25) is 4.79 Å². The molecule has 80 valence electrons. The van der Waals surface area contributed by atoms with Gasteiger partial charge < -0.3 is 15.4 Å². The largest absolute Gasteiger partial charge is 0.497 e. The molecule has 4 nitrogen and oxygen atoms in total. The molecule has 1 heterocycles. The van der Waals surface area contributed by atoms with Crippen molar-refractivity contribution in [3.8, 4) is 5.75 Å². The van der Waals surface area contributed by atoms with E-state index < -0.39 is 5.54 Å². The van der Waals surface area contributed by atoms with Crippen LogP contribution in [-0.2, 0) is 4.79 Å². The molecule has 1 amide bonds. The lowest BCUT2D eigenvalue weighted by Crippen LogP contribution is -2.47. The topological polar surface area (TPSA) is 50.4 Å². The van der Waals surface area contributed by atoms with E-state index in [0.717, 1.165) is 17.1 Å². The van der Waals surface area contributed by atoms with Crippen molar-refractivity contribution < 1.29 is 9.53 Å². The summed E-state index contributed by atoms with van der Waals surface area (Å²) in [5.41, 5.74) is 1.11. The number of nitrogens with one attached hydrogen (secondary N) is 2. The smallest absolute Gasteiger partial charge is 0.249 e. The van der Waals surface area contributed by atoms with Crippen molar-refractivity contribution in [2.75, 3.05) is 17.7 Å². The minimum Gasteiger partial charge on any atom is -0.497 e. The molecule has 0 saturated heterocycles. The predicted octanol–water partition coefficient (Wildman–Crippen LogP) is 1.84. The van der Waals surface area contributed by atoms with Crippen LogP contribution >= 0.6 is 0 Å². The van der Waals surface area contributed by atoms with Crippen LogP contribution in [0.1, 0.15) is 13.8 Å². The molecule has 1 aromatic carbocycles. The van der Waals surface area contributed by atoms with Gasteiger partial charge in [0.1, 0.15) is 11.3 Å². The van der Waals surface area contributed by atoms with Crippen LogP contribution in [-0.4, -0.2) is 18.6 Å². The van der Waals surface area contributed by atoms with Crippen LogP contribution in [0.2, 0.25) is 0 Å². The van der Waals surface area contributed by atoms with E-state index in [4.69, 9.17) is 4.74 Å². The van der Waals surface area contributed by atoms with E-state index >= 15 is 0 Å². The Labute approximate surface area is 88.6 Å². The number of ether oxygens (including phenoxy) is 1. The molecule has 4 heteroatoms. The van der Waals surface area contributed by atoms with Gasteiger partial charge in [-0.15, -0.1) is 0 Å². The second kappa shape index (κ2) is 3.15. The lowest BCUT2D eigenvalue weighted by atomic mass is 10.00. The number of methoxy groups -OCH3 is 1. The third kappa shape index (κ3) is 1.63. The predicted molar refractivity (Wildman–Crippen MR) is 59.3 cm³/mol. The summed E-state index contributed by atoms with van der Waals surface area (Å²) in [6.07, 6.45) is 0. The van der Waals surface area contributed by atoms with Crippen molar-refractivity contribution in [1.29, 1.82) is 0 Å². The molecular formula is C11H14N2O2. The minimum absolute atomic E-state index is 0.0387. The van der Waals surface area contributed by atoms with Crippen LogP contribution in [0.5, 0.6) is 5.75 Å².